The molecule has 1 aliphatic carbocycles. The second-order valence-electron chi connectivity index (χ2n) is 6.23. The number of amides is 3. The summed E-state index contributed by atoms with van der Waals surface area (Å²) in [6, 6.07) is 7.32. The average molecular weight is 335 g/mol. The molecular formula is C17H25N3O2S. The van der Waals surface area contributed by atoms with Crippen LogP contribution in [0.15, 0.2) is 24.3 Å². The van der Waals surface area contributed by atoms with E-state index >= 15 is 0 Å². The number of nitrogens with one attached hydrogen (secondary N) is 3. The summed E-state index contributed by atoms with van der Waals surface area (Å²) in [5.74, 6) is 2.15. The molecule has 0 radical (unpaired) electrons. The Labute approximate surface area is 142 Å². The molecule has 0 aliphatic heterocycles. The molecule has 23 heavy (non-hydrogen) atoms. The number of benzene rings is 1. The lowest BCUT2D eigenvalue weighted by Gasteiger charge is -2.09. The number of urea groups is 1. The minimum Gasteiger partial charge on any atom is -0.335 e. The molecule has 1 fully saturated rings. The summed E-state index contributed by atoms with van der Waals surface area (Å²) < 4.78 is 0. The number of carbonyl (C=O) groups excluding carboxylic acids is 2. The molecule has 1 saturated carbocycles. The van der Waals surface area contributed by atoms with E-state index < -0.39 is 0 Å². The molecule has 0 spiro atoms. The molecule has 5 nitrogen and oxygen atoms in total. The summed E-state index contributed by atoms with van der Waals surface area (Å²) in [5.41, 5.74) is 1.46. The van der Waals surface area contributed by atoms with Crippen molar-refractivity contribution in [3.63, 3.8) is 0 Å². The molecule has 0 saturated heterocycles. The molecular weight excluding hydrogens is 310 g/mol. The van der Waals surface area contributed by atoms with Crippen molar-refractivity contribution in [1.29, 1.82) is 0 Å². The lowest BCUT2D eigenvalue weighted by atomic mass is 10.2. The first-order chi connectivity index (χ1) is 11.0. The van der Waals surface area contributed by atoms with Crippen LogP contribution in [0.25, 0.3) is 0 Å². The molecule has 0 aromatic heterocycles. The Bertz CT molecular complexity index is 527. The summed E-state index contributed by atoms with van der Waals surface area (Å²) in [4.78, 5) is 23.5. The van der Waals surface area contributed by atoms with Gasteiger partial charge in [-0.05, 0) is 55.2 Å². The monoisotopic (exact) mass is 335 g/mol. The molecule has 0 atom stereocenters. The molecule has 1 aliphatic rings. The lowest BCUT2D eigenvalue weighted by Crippen LogP contribution is -2.30. The van der Waals surface area contributed by atoms with E-state index in [0.29, 0.717) is 23.4 Å². The van der Waals surface area contributed by atoms with Gasteiger partial charge < -0.3 is 16.0 Å². The van der Waals surface area contributed by atoms with Crippen LogP contribution in [0, 0.1) is 5.92 Å². The van der Waals surface area contributed by atoms with Crippen molar-refractivity contribution in [2.24, 2.45) is 5.92 Å². The Morgan fingerprint density at radius 1 is 1.13 bits per heavy atom. The zero-order valence-electron chi connectivity index (χ0n) is 13.7. The summed E-state index contributed by atoms with van der Waals surface area (Å²) >= 11 is 1.65. The highest BCUT2D eigenvalue weighted by molar-refractivity contribution is 7.99. The maximum Gasteiger partial charge on any atom is 0.319 e. The van der Waals surface area contributed by atoms with Gasteiger partial charge in [-0.15, -0.1) is 0 Å². The van der Waals surface area contributed by atoms with Gasteiger partial charge in [0.25, 0.3) is 0 Å². The molecule has 0 bridgehead atoms. The van der Waals surface area contributed by atoms with Gasteiger partial charge in [-0.2, -0.15) is 11.8 Å². The summed E-state index contributed by atoms with van der Waals surface area (Å²) in [5, 5.41) is 8.51. The van der Waals surface area contributed by atoms with Crippen LogP contribution in [0.4, 0.5) is 16.2 Å². The third-order valence-electron chi connectivity index (χ3n) is 3.41. The Hall–Kier alpha value is -1.69. The van der Waals surface area contributed by atoms with E-state index in [9.17, 15) is 9.59 Å². The van der Waals surface area contributed by atoms with Crippen molar-refractivity contribution in [3.8, 4) is 0 Å². The van der Waals surface area contributed by atoms with Gasteiger partial charge in [0.2, 0.25) is 5.91 Å². The zero-order valence-corrected chi connectivity index (χ0v) is 14.5. The number of anilines is 2. The van der Waals surface area contributed by atoms with Gasteiger partial charge in [-0.25, -0.2) is 4.79 Å². The fourth-order valence-electron chi connectivity index (χ4n) is 1.90. The highest BCUT2D eigenvalue weighted by atomic mass is 32.2. The van der Waals surface area contributed by atoms with Gasteiger partial charge >= 0.3 is 6.03 Å². The fourth-order valence-corrected chi connectivity index (χ4v) is 2.94. The molecule has 0 unspecified atom stereocenters. The predicted molar refractivity (Wildman–Crippen MR) is 97.0 cm³/mol. The van der Waals surface area contributed by atoms with Crippen molar-refractivity contribution in [2.45, 2.75) is 39.2 Å². The maximum atomic E-state index is 11.8. The van der Waals surface area contributed by atoms with Gasteiger partial charge in [0.15, 0.2) is 0 Å². The molecule has 1 aromatic rings. The first-order valence-electron chi connectivity index (χ1n) is 8.08. The third kappa shape index (κ3) is 7.41. The Morgan fingerprint density at radius 3 is 2.30 bits per heavy atom. The van der Waals surface area contributed by atoms with Gasteiger partial charge in [0.05, 0.1) is 5.75 Å². The minimum absolute atomic E-state index is 0.00550. The van der Waals surface area contributed by atoms with Crippen LogP contribution in [-0.4, -0.2) is 29.5 Å². The van der Waals surface area contributed by atoms with E-state index in [1.165, 1.54) is 0 Å². The number of thioether (sulfide) groups is 1. The molecule has 1 aromatic carbocycles. The van der Waals surface area contributed by atoms with Crippen LogP contribution in [0.2, 0.25) is 0 Å². The number of rotatable bonds is 8. The Morgan fingerprint density at radius 2 is 1.74 bits per heavy atom. The van der Waals surface area contributed by atoms with E-state index in [1.807, 2.05) is 0 Å². The van der Waals surface area contributed by atoms with Crippen LogP contribution in [-0.2, 0) is 4.79 Å². The lowest BCUT2D eigenvalue weighted by molar-refractivity contribution is -0.113. The first kappa shape index (κ1) is 17.7. The van der Waals surface area contributed by atoms with Crippen LogP contribution in [0.3, 0.4) is 0 Å². The SMILES string of the molecule is CC(C)CCSCC(=O)Nc1ccc(NC(=O)NC2CC2)cc1. The van der Waals surface area contributed by atoms with Crippen LogP contribution < -0.4 is 16.0 Å². The quantitative estimate of drug-likeness (QED) is 0.635. The molecule has 126 valence electrons. The van der Waals surface area contributed by atoms with E-state index in [1.54, 1.807) is 36.0 Å². The van der Waals surface area contributed by atoms with Crippen LogP contribution in [0.1, 0.15) is 33.1 Å². The molecule has 2 rings (SSSR count). The maximum absolute atomic E-state index is 11.8. The van der Waals surface area contributed by atoms with E-state index in [2.05, 4.69) is 29.8 Å². The summed E-state index contributed by atoms with van der Waals surface area (Å²) in [6.45, 7) is 4.36. The Kier molecular flexibility index (Phi) is 6.77. The first-order valence-corrected chi connectivity index (χ1v) is 9.23. The van der Waals surface area contributed by atoms with Gasteiger partial charge in [0, 0.05) is 17.4 Å². The minimum atomic E-state index is -0.175. The highest BCUT2D eigenvalue weighted by Crippen LogP contribution is 2.19. The second-order valence-corrected chi connectivity index (χ2v) is 7.34. The number of hydrogen-bond donors (Lipinski definition) is 3. The molecule has 3 N–H and O–H groups in total. The Balaban J connectivity index is 1.69. The number of carbonyl (C=O) groups is 2. The fraction of sp³-hybridized carbons (Fsp3) is 0.529. The summed E-state index contributed by atoms with van der Waals surface area (Å²) in [6.07, 6.45) is 3.25. The zero-order chi connectivity index (χ0) is 16.7. The third-order valence-corrected chi connectivity index (χ3v) is 4.40. The average Bonchev–Trinajstić information content (AvgIpc) is 3.29. The van der Waals surface area contributed by atoms with E-state index in [4.69, 9.17) is 0 Å². The normalized spacial score (nSPS) is 13.7. The topological polar surface area (TPSA) is 70.2 Å². The van der Waals surface area contributed by atoms with Crippen LogP contribution >= 0.6 is 11.8 Å². The van der Waals surface area contributed by atoms with Gasteiger partial charge in [-0.1, -0.05) is 13.8 Å². The van der Waals surface area contributed by atoms with Crippen molar-refractivity contribution >= 4 is 35.1 Å². The van der Waals surface area contributed by atoms with Gasteiger partial charge in [-0.3, -0.25) is 4.79 Å². The highest BCUT2D eigenvalue weighted by Gasteiger charge is 2.23. The van der Waals surface area contributed by atoms with Crippen molar-refractivity contribution in [3.05, 3.63) is 24.3 Å². The van der Waals surface area contributed by atoms with Crippen molar-refractivity contribution < 1.29 is 9.59 Å². The van der Waals surface area contributed by atoms with Crippen molar-refractivity contribution in [2.75, 3.05) is 22.1 Å². The molecule has 0 heterocycles. The van der Waals surface area contributed by atoms with Crippen LogP contribution in [0.5, 0.6) is 0 Å². The van der Waals surface area contributed by atoms with E-state index in [0.717, 1.165) is 30.7 Å². The second kappa shape index (κ2) is 8.82. The standard InChI is InChI=1S/C17H25N3O2S/c1-12(2)9-10-23-11-16(21)18-13-3-5-14(6-4-13)19-17(22)20-15-7-8-15/h3-6,12,15H,7-11H2,1-2H3,(H,18,21)(H2,19,20,22). The van der Waals surface area contributed by atoms with Gasteiger partial charge in [0.1, 0.15) is 0 Å². The molecule has 6 heteroatoms. The van der Waals surface area contributed by atoms with Crippen molar-refractivity contribution in [1.82, 2.24) is 5.32 Å². The molecule has 3 amide bonds. The summed E-state index contributed by atoms with van der Waals surface area (Å²) in [7, 11) is 0. The predicted octanol–water partition coefficient (Wildman–Crippen LogP) is 3.69. The smallest absolute Gasteiger partial charge is 0.319 e. The number of hydrogen-bond acceptors (Lipinski definition) is 3. The van der Waals surface area contributed by atoms with E-state index in [-0.39, 0.29) is 11.9 Å². The largest absolute Gasteiger partial charge is 0.335 e.